The SMILES string of the molecule is COc1ccc(CNC(=O)c2nnn(CC(=O)Nc3ccc(OC)cc3)c2N)cc1. The lowest BCUT2D eigenvalue weighted by Crippen LogP contribution is -2.25. The summed E-state index contributed by atoms with van der Waals surface area (Å²) >= 11 is 0. The van der Waals surface area contributed by atoms with Crippen LogP contribution in [0.15, 0.2) is 48.5 Å². The van der Waals surface area contributed by atoms with Gasteiger partial charge in [0.2, 0.25) is 5.91 Å². The van der Waals surface area contributed by atoms with E-state index < -0.39 is 5.91 Å². The first-order valence-corrected chi connectivity index (χ1v) is 9.04. The Bertz CT molecular complexity index is 1010. The van der Waals surface area contributed by atoms with Crippen molar-refractivity contribution in [3.8, 4) is 11.5 Å². The molecule has 2 aromatic carbocycles. The quantitative estimate of drug-likeness (QED) is 0.512. The number of nitrogens with one attached hydrogen (secondary N) is 2. The second-order valence-electron chi connectivity index (χ2n) is 6.29. The van der Waals surface area contributed by atoms with Crippen molar-refractivity contribution >= 4 is 23.3 Å². The number of aromatic nitrogens is 3. The third-order valence-corrected chi connectivity index (χ3v) is 4.27. The second-order valence-corrected chi connectivity index (χ2v) is 6.29. The van der Waals surface area contributed by atoms with Crippen LogP contribution in [0.4, 0.5) is 11.5 Å². The predicted molar refractivity (Wildman–Crippen MR) is 110 cm³/mol. The van der Waals surface area contributed by atoms with E-state index >= 15 is 0 Å². The molecule has 0 bridgehead atoms. The van der Waals surface area contributed by atoms with E-state index in [9.17, 15) is 9.59 Å². The Morgan fingerprint density at radius 1 is 1.00 bits per heavy atom. The molecule has 3 rings (SSSR count). The van der Waals surface area contributed by atoms with Gasteiger partial charge >= 0.3 is 0 Å². The van der Waals surface area contributed by atoms with Crippen LogP contribution in [0.25, 0.3) is 0 Å². The summed E-state index contributed by atoms with van der Waals surface area (Å²) in [5.41, 5.74) is 7.39. The minimum Gasteiger partial charge on any atom is -0.497 e. The topological polar surface area (TPSA) is 133 Å². The van der Waals surface area contributed by atoms with Crippen LogP contribution in [-0.4, -0.2) is 41.0 Å². The first-order chi connectivity index (χ1) is 14.5. The summed E-state index contributed by atoms with van der Waals surface area (Å²) in [5.74, 6) is 0.572. The fourth-order valence-corrected chi connectivity index (χ4v) is 2.62. The molecule has 0 atom stereocenters. The van der Waals surface area contributed by atoms with Gasteiger partial charge in [0.15, 0.2) is 11.5 Å². The van der Waals surface area contributed by atoms with Gasteiger partial charge < -0.3 is 25.8 Å². The van der Waals surface area contributed by atoms with Crippen molar-refractivity contribution in [2.45, 2.75) is 13.1 Å². The maximum Gasteiger partial charge on any atom is 0.275 e. The number of benzene rings is 2. The van der Waals surface area contributed by atoms with Crippen molar-refractivity contribution in [3.63, 3.8) is 0 Å². The van der Waals surface area contributed by atoms with Crippen molar-refractivity contribution in [3.05, 3.63) is 59.8 Å². The van der Waals surface area contributed by atoms with Crippen LogP contribution in [0.1, 0.15) is 16.1 Å². The number of ether oxygens (including phenoxy) is 2. The smallest absolute Gasteiger partial charge is 0.275 e. The van der Waals surface area contributed by atoms with Crippen molar-refractivity contribution in [2.75, 3.05) is 25.3 Å². The average Bonchev–Trinajstić information content (AvgIpc) is 3.13. The first-order valence-electron chi connectivity index (χ1n) is 9.04. The molecular weight excluding hydrogens is 388 g/mol. The Morgan fingerprint density at radius 3 is 2.20 bits per heavy atom. The molecule has 1 aromatic heterocycles. The third kappa shape index (κ3) is 5.04. The Morgan fingerprint density at radius 2 is 1.60 bits per heavy atom. The number of hydrogen-bond donors (Lipinski definition) is 3. The van der Waals surface area contributed by atoms with Gasteiger partial charge in [0, 0.05) is 12.2 Å². The lowest BCUT2D eigenvalue weighted by molar-refractivity contribution is -0.116. The molecule has 0 aliphatic carbocycles. The molecule has 0 spiro atoms. The van der Waals surface area contributed by atoms with Gasteiger partial charge in [-0.05, 0) is 42.0 Å². The minimum atomic E-state index is -0.481. The zero-order valence-electron chi connectivity index (χ0n) is 16.6. The van der Waals surface area contributed by atoms with Crippen LogP contribution in [0.5, 0.6) is 11.5 Å². The van der Waals surface area contributed by atoms with E-state index in [-0.39, 0.29) is 30.5 Å². The molecule has 0 aliphatic heterocycles. The standard InChI is InChI=1S/C20H22N6O4/c1-29-15-7-3-13(4-8-15)11-22-20(28)18-19(21)26(25-24-18)12-17(27)23-14-5-9-16(30-2)10-6-14/h3-10H,11-12,21H2,1-2H3,(H,22,28)(H,23,27). The summed E-state index contributed by atoms with van der Waals surface area (Å²) in [5, 5.41) is 13.0. The van der Waals surface area contributed by atoms with Crippen LogP contribution in [0, 0.1) is 0 Å². The number of carbonyl (C=O) groups is 2. The predicted octanol–water partition coefficient (Wildman–Crippen LogP) is 1.45. The minimum absolute atomic E-state index is 0.00659. The number of carbonyl (C=O) groups excluding carboxylic acids is 2. The number of hydrogen-bond acceptors (Lipinski definition) is 7. The molecule has 0 fully saturated rings. The number of amides is 2. The van der Waals surface area contributed by atoms with E-state index in [1.54, 1.807) is 50.6 Å². The van der Waals surface area contributed by atoms with Crippen LogP contribution in [0.2, 0.25) is 0 Å². The Kier molecular flexibility index (Phi) is 6.48. The van der Waals surface area contributed by atoms with E-state index in [4.69, 9.17) is 15.2 Å². The molecule has 0 saturated carbocycles. The largest absolute Gasteiger partial charge is 0.497 e. The van der Waals surface area contributed by atoms with E-state index in [0.29, 0.717) is 11.4 Å². The summed E-state index contributed by atoms with van der Waals surface area (Å²) in [6.07, 6.45) is 0. The maximum absolute atomic E-state index is 12.4. The van der Waals surface area contributed by atoms with Gasteiger partial charge in [-0.3, -0.25) is 9.59 Å². The monoisotopic (exact) mass is 410 g/mol. The summed E-state index contributed by atoms with van der Waals surface area (Å²) in [7, 11) is 3.14. The lowest BCUT2D eigenvalue weighted by Gasteiger charge is -2.07. The number of anilines is 2. The highest BCUT2D eigenvalue weighted by Crippen LogP contribution is 2.15. The normalized spacial score (nSPS) is 10.3. The van der Waals surface area contributed by atoms with E-state index in [1.165, 1.54) is 4.68 Å². The third-order valence-electron chi connectivity index (χ3n) is 4.27. The molecule has 0 saturated heterocycles. The van der Waals surface area contributed by atoms with E-state index in [0.717, 1.165) is 11.3 Å². The molecule has 0 unspecified atom stereocenters. The maximum atomic E-state index is 12.4. The summed E-state index contributed by atoms with van der Waals surface area (Å²) < 4.78 is 11.3. The highest BCUT2D eigenvalue weighted by molar-refractivity contribution is 5.96. The molecular formula is C20H22N6O4. The number of nitrogen functional groups attached to an aromatic ring is 1. The van der Waals surface area contributed by atoms with Gasteiger partial charge in [0.05, 0.1) is 14.2 Å². The first kappa shape index (κ1) is 20.6. The molecule has 3 aromatic rings. The highest BCUT2D eigenvalue weighted by Gasteiger charge is 2.18. The van der Waals surface area contributed by atoms with Gasteiger partial charge in [-0.2, -0.15) is 0 Å². The van der Waals surface area contributed by atoms with Crippen molar-refractivity contribution < 1.29 is 19.1 Å². The number of rotatable bonds is 8. The van der Waals surface area contributed by atoms with Gasteiger partial charge in [0.25, 0.3) is 5.91 Å². The molecule has 4 N–H and O–H groups in total. The fourth-order valence-electron chi connectivity index (χ4n) is 2.62. The van der Waals surface area contributed by atoms with Crippen LogP contribution < -0.4 is 25.8 Å². The Hall–Kier alpha value is -4.08. The van der Waals surface area contributed by atoms with Crippen LogP contribution in [-0.2, 0) is 17.9 Å². The van der Waals surface area contributed by atoms with Crippen LogP contribution >= 0.6 is 0 Å². The lowest BCUT2D eigenvalue weighted by atomic mass is 10.2. The molecule has 0 radical (unpaired) electrons. The Balaban J connectivity index is 1.57. The zero-order valence-corrected chi connectivity index (χ0v) is 16.6. The summed E-state index contributed by atoms with van der Waals surface area (Å²) in [6, 6.07) is 14.1. The molecule has 1 heterocycles. The zero-order chi connectivity index (χ0) is 21.5. The number of nitrogens with two attached hydrogens (primary N) is 1. The van der Waals surface area contributed by atoms with Crippen molar-refractivity contribution in [1.82, 2.24) is 20.3 Å². The molecule has 156 valence electrons. The molecule has 30 heavy (non-hydrogen) atoms. The van der Waals surface area contributed by atoms with Gasteiger partial charge in [-0.15, -0.1) is 5.10 Å². The highest BCUT2D eigenvalue weighted by atomic mass is 16.5. The molecule has 10 nitrogen and oxygen atoms in total. The Labute approximate surface area is 173 Å². The van der Waals surface area contributed by atoms with Gasteiger partial charge in [-0.1, -0.05) is 17.3 Å². The van der Waals surface area contributed by atoms with Crippen molar-refractivity contribution in [1.29, 1.82) is 0 Å². The van der Waals surface area contributed by atoms with Gasteiger partial charge in [-0.25, -0.2) is 4.68 Å². The average molecular weight is 410 g/mol. The summed E-state index contributed by atoms with van der Waals surface area (Å²) in [4.78, 5) is 24.6. The number of methoxy groups -OCH3 is 2. The number of nitrogens with zero attached hydrogens (tertiary/aromatic N) is 3. The molecule has 10 heteroatoms. The molecule has 2 amide bonds. The molecule has 0 aliphatic rings. The van der Waals surface area contributed by atoms with Gasteiger partial charge in [0.1, 0.15) is 18.0 Å². The van der Waals surface area contributed by atoms with E-state index in [2.05, 4.69) is 20.9 Å². The second kappa shape index (κ2) is 9.41. The van der Waals surface area contributed by atoms with E-state index in [1.807, 2.05) is 12.1 Å². The fraction of sp³-hybridized carbons (Fsp3) is 0.200. The summed E-state index contributed by atoms with van der Waals surface area (Å²) in [6.45, 7) is 0.101. The van der Waals surface area contributed by atoms with Crippen LogP contribution in [0.3, 0.4) is 0 Å². The van der Waals surface area contributed by atoms with Crippen molar-refractivity contribution in [2.24, 2.45) is 0 Å².